The van der Waals surface area contributed by atoms with Crippen molar-refractivity contribution in [3.63, 3.8) is 0 Å². The van der Waals surface area contributed by atoms with Gasteiger partial charge in [-0.2, -0.15) is 0 Å². The van der Waals surface area contributed by atoms with Crippen LogP contribution < -0.4 is 10.2 Å². The highest BCUT2D eigenvalue weighted by Crippen LogP contribution is 2.37. The Balaban J connectivity index is 1.53. The van der Waals surface area contributed by atoms with Gasteiger partial charge in [0.1, 0.15) is 0 Å². The third-order valence-electron chi connectivity index (χ3n) is 4.67. The van der Waals surface area contributed by atoms with Crippen molar-refractivity contribution in [2.45, 2.75) is 12.1 Å². The second-order valence-corrected chi connectivity index (χ2v) is 11.4. The van der Waals surface area contributed by atoms with Crippen LogP contribution in [0.4, 0.5) is 11.4 Å². The fourth-order valence-corrected chi connectivity index (χ4v) is 6.98. The summed E-state index contributed by atoms with van der Waals surface area (Å²) in [6.45, 7) is 0. The van der Waals surface area contributed by atoms with Crippen LogP contribution in [0.15, 0.2) is 47.5 Å². The van der Waals surface area contributed by atoms with Gasteiger partial charge in [-0.05, 0) is 36.4 Å². The van der Waals surface area contributed by atoms with E-state index in [4.69, 9.17) is 34.8 Å². The number of anilines is 2. The lowest BCUT2D eigenvalue weighted by atomic mass is 10.1. The van der Waals surface area contributed by atoms with Gasteiger partial charge in [0.25, 0.3) is 0 Å². The van der Waals surface area contributed by atoms with E-state index in [1.807, 2.05) is 4.90 Å². The molecule has 0 unspecified atom stereocenters. The summed E-state index contributed by atoms with van der Waals surface area (Å²) in [6.07, 6.45) is 0. The molecule has 0 aliphatic carbocycles. The summed E-state index contributed by atoms with van der Waals surface area (Å²) < 4.78 is 24.3. The zero-order valence-electron chi connectivity index (χ0n) is 15.4. The number of halogens is 3. The molecule has 0 radical (unpaired) electrons. The van der Waals surface area contributed by atoms with E-state index < -0.39 is 9.84 Å². The number of hydrogen-bond donors (Lipinski definition) is 1. The van der Waals surface area contributed by atoms with Crippen molar-refractivity contribution in [1.29, 1.82) is 0 Å². The molecule has 1 amide bonds. The number of amides is 1. The zero-order chi connectivity index (χ0) is 21.5. The number of rotatable bonds is 4. The number of nitrogens with zero attached hydrogens (tertiary/aromatic N) is 2. The van der Waals surface area contributed by atoms with E-state index in [9.17, 15) is 13.2 Å². The molecule has 0 spiro atoms. The number of nitrogens with one attached hydrogen (secondary N) is 1. The number of sulfone groups is 1. The van der Waals surface area contributed by atoms with Crippen molar-refractivity contribution in [2.75, 3.05) is 27.5 Å². The molecule has 0 aromatic heterocycles. The molecule has 1 fully saturated rings. The van der Waals surface area contributed by atoms with Crippen LogP contribution in [0.1, 0.15) is 0 Å². The molecule has 2 aromatic carbocycles. The molecule has 2 aliphatic rings. The fourth-order valence-electron chi connectivity index (χ4n) is 3.51. The molecule has 30 heavy (non-hydrogen) atoms. The summed E-state index contributed by atoms with van der Waals surface area (Å²) in [5, 5.41) is 4.75. The largest absolute Gasteiger partial charge is 0.325 e. The average molecular weight is 505 g/mol. The van der Waals surface area contributed by atoms with Gasteiger partial charge in [0.2, 0.25) is 5.91 Å². The average Bonchev–Trinajstić information content (AvgIpc) is 3.10. The highest BCUT2D eigenvalue weighted by Gasteiger charge is 2.47. The third kappa shape index (κ3) is 4.89. The van der Waals surface area contributed by atoms with E-state index in [0.29, 0.717) is 31.6 Å². The lowest BCUT2D eigenvalue weighted by Crippen LogP contribution is -2.39. The Morgan fingerprint density at radius 3 is 2.53 bits per heavy atom. The number of benzene rings is 2. The number of carbonyl (C=O) groups excluding carboxylic acids is 1. The SMILES string of the molecule is O=C(CSC1=N[C@H]2CS(=O)(=O)C[C@H]2N1c1cc(Cl)cc(Cl)c1)Nc1cccc(Cl)c1. The van der Waals surface area contributed by atoms with Gasteiger partial charge in [0.15, 0.2) is 15.0 Å². The van der Waals surface area contributed by atoms with E-state index in [1.165, 1.54) is 11.8 Å². The number of carbonyl (C=O) groups is 1. The Hall–Kier alpha value is -1.45. The molecule has 0 saturated carbocycles. The number of aliphatic imine (C=N–C) groups is 1. The highest BCUT2D eigenvalue weighted by atomic mass is 35.5. The maximum atomic E-state index is 12.4. The first-order valence-corrected chi connectivity index (χ1v) is 12.9. The van der Waals surface area contributed by atoms with Crippen LogP contribution in [-0.2, 0) is 14.6 Å². The standard InChI is InChI=1S/C19H16Cl3N3O3S2/c20-11-2-1-3-14(5-11)23-18(26)8-29-19-24-16-9-30(27,28)10-17(16)25(19)15-6-12(21)4-13(22)7-15/h1-7,16-17H,8-10H2,(H,23,26)/t16-,17+/m0/s1. The second kappa shape index (κ2) is 8.59. The van der Waals surface area contributed by atoms with E-state index in [2.05, 4.69) is 10.3 Å². The van der Waals surface area contributed by atoms with Gasteiger partial charge in [-0.25, -0.2) is 8.42 Å². The predicted octanol–water partition coefficient (Wildman–Crippen LogP) is 4.36. The van der Waals surface area contributed by atoms with Gasteiger partial charge < -0.3 is 10.2 Å². The maximum absolute atomic E-state index is 12.4. The first-order chi connectivity index (χ1) is 14.2. The predicted molar refractivity (Wildman–Crippen MR) is 125 cm³/mol. The van der Waals surface area contributed by atoms with Crippen molar-refractivity contribution in [3.05, 3.63) is 57.5 Å². The Morgan fingerprint density at radius 2 is 1.83 bits per heavy atom. The first kappa shape index (κ1) is 21.8. The van der Waals surface area contributed by atoms with Crippen molar-refractivity contribution < 1.29 is 13.2 Å². The van der Waals surface area contributed by atoms with Gasteiger partial charge in [-0.1, -0.05) is 52.6 Å². The number of thioether (sulfide) groups is 1. The number of amidine groups is 1. The van der Waals surface area contributed by atoms with Crippen LogP contribution in [0.5, 0.6) is 0 Å². The second-order valence-electron chi connectivity index (χ2n) is 6.97. The smallest absolute Gasteiger partial charge is 0.234 e. The normalized spacial score (nSPS) is 22.0. The molecule has 1 saturated heterocycles. The lowest BCUT2D eigenvalue weighted by Gasteiger charge is -2.26. The Labute approximate surface area is 193 Å². The van der Waals surface area contributed by atoms with Crippen molar-refractivity contribution in [1.82, 2.24) is 0 Å². The van der Waals surface area contributed by atoms with Crippen molar-refractivity contribution in [2.24, 2.45) is 4.99 Å². The van der Waals surface area contributed by atoms with Crippen LogP contribution in [0.3, 0.4) is 0 Å². The van der Waals surface area contributed by atoms with Crippen LogP contribution in [0.2, 0.25) is 15.1 Å². The monoisotopic (exact) mass is 503 g/mol. The minimum Gasteiger partial charge on any atom is -0.325 e. The molecule has 11 heteroatoms. The molecule has 4 rings (SSSR count). The minimum atomic E-state index is -3.18. The summed E-state index contributed by atoms with van der Waals surface area (Å²) >= 11 is 19.5. The molecule has 6 nitrogen and oxygen atoms in total. The van der Waals surface area contributed by atoms with E-state index >= 15 is 0 Å². The summed E-state index contributed by atoms with van der Waals surface area (Å²) in [5.41, 5.74) is 1.25. The van der Waals surface area contributed by atoms with E-state index in [0.717, 1.165) is 0 Å². The minimum absolute atomic E-state index is 0.00985. The number of hydrogen-bond acceptors (Lipinski definition) is 6. The van der Waals surface area contributed by atoms with Crippen LogP contribution in [0.25, 0.3) is 0 Å². The van der Waals surface area contributed by atoms with Crippen molar-refractivity contribution >= 4 is 78.9 Å². The van der Waals surface area contributed by atoms with Gasteiger partial charge >= 0.3 is 0 Å². The maximum Gasteiger partial charge on any atom is 0.234 e. The molecular formula is C19H16Cl3N3O3S2. The summed E-state index contributed by atoms with van der Waals surface area (Å²) in [4.78, 5) is 18.8. The zero-order valence-corrected chi connectivity index (χ0v) is 19.3. The lowest BCUT2D eigenvalue weighted by molar-refractivity contribution is -0.113. The van der Waals surface area contributed by atoms with Gasteiger partial charge in [0, 0.05) is 26.4 Å². The molecular weight excluding hydrogens is 489 g/mol. The quantitative estimate of drug-likeness (QED) is 0.669. The summed E-state index contributed by atoms with van der Waals surface area (Å²) in [5.74, 6) is -0.146. The summed E-state index contributed by atoms with van der Waals surface area (Å²) in [7, 11) is -3.18. The molecule has 2 heterocycles. The van der Waals surface area contributed by atoms with Crippen LogP contribution in [0, 0.1) is 0 Å². The number of fused-ring (bicyclic) bond motifs is 1. The topological polar surface area (TPSA) is 78.8 Å². The Morgan fingerprint density at radius 1 is 1.10 bits per heavy atom. The Kier molecular flexibility index (Phi) is 6.23. The molecule has 0 bridgehead atoms. The van der Waals surface area contributed by atoms with Gasteiger partial charge in [0.05, 0.1) is 29.3 Å². The van der Waals surface area contributed by atoms with E-state index in [1.54, 1.807) is 42.5 Å². The highest BCUT2D eigenvalue weighted by molar-refractivity contribution is 8.14. The molecule has 2 atom stereocenters. The fraction of sp³-hybridized carbons (Fsp3) is 0.263. The third-order valence-corrected chi connectivity index (χ3v) is 8.01. The van der Waals surface area contributed by atoms with Crippen LogP contribution in [-0.4, -0.2) is 48.8 Å². The molecule has 1 N–H and O–H groups in total. The van der Waals surface area contributed by atoms with Gasteiger partial charge in [-0.15, -0.1) is 0 Å². The molecule has 158 valence electrons. The van der Waals surface area contributed by atoms with E-state index in [-0.39, 0.29) is 35.2 Å². The first-order valence-electron chi connectivity index (χ1n) is 8.92. The summed E-state index contributed by atoms with van der Waals surface area (Å²) in [6, 6.07) is 11.2. The van der Waals surface area contributed by atoms with Crippen LogP contribution >= 0.6 is 46.6 Å². The molecule has 2 aliphatic heterocycles. The Bertz CT molecular complexity index is 1120. The molecule has 2 aromatic rings. The van der Waals surface area contributed by atoms with Gasteiger partial charge in [-0.3, -0.25) is 9.79 Å². The van der Waals surface area contributed by atoms with Crippen molar-refractivity contribution in [3.8, 4) is 0 Å².